The lowest BCUT2D eigenvalue weighted by molar-refractivity contribution is -0.0738. The molecule has 5 N–H and O–H groups in total. The highest BCUT2D eigenvalue weighted by Crippen LogP contribution is 2.47. The van der Waals surface area contributed by atoms with Crippen LogP contribution >= 0.6 is 0 Å². The molecule has 7 rings (SSSR count). The molecule has 9 heteroatoms. The summed E-state index contributed by atoms with van der Waals surface area (Å²) in [7, 11) is 0. The van der Waals surface area contributed by atoms with Crippen molar-refractivity contribution in [2.45, 2.75) is 82.3 Å². The molecule has 3 saturated heterocycles. The molecule has 2 aromatic carbocycles. The zero-order chi connectivity index (χ0) is 29.1. The molecule has 9 nitrogen and oxygen atoms in total. The Hall–Kier alpha value is -2.69. The van der Waals surface area contributed by atoms with Gasteiger partial charge >= 0.3 is 0 Å². The molecule has 1 spiro atoms. The Morgan fingerprint density at radius 2 is 1.81 bits per heavy atom. The summed E-state index contributed by atoms with van der Waals surface area (Å²) in [5.41, 5.74) is 10.3. The molecule has 0 radical (unpaired) electrons. The number of piperidine rings is 1. The van der Waals surface area contributed by atoms with Crippen LogP contribution in [0, 0.1) is 11.3 Å². The molecule has 1 aliphatic carbocycles. The van der Waals surface area contributed by atoms with E-state index >= 15 is 0 Å². The maximum Gasteiger partial charge on any atom is 0.251 e. The number of hydrogen-bond acceptors (Lipinski definition) is 8. The molecule has 4 unspecified atom stereocenters. The number of nitrogens with one attached hydrogen (secondary N) is 5. The van der Waals surface area contributed by atoms with Gasteiger partial charge in [0, 0.05) is 55.3 Å². The normalized spacial score (nSPS) is 30.7. The van der Waals surface area contributed by atoms with Gasteiger partial charge in [-0.1, -0.05) is 62.8 Å². The van der Waals surface area contributed by atoms with E-state index in [1.807, 2.05) is 48.5 Å². The smallest absolute Gasteiger partial charge is 0.251 e. The predicted octanol–water partition coefficient (Wildman–Crippen LogP) is 4.15. The van der Waals surface area contributed by atoms with Gasteiger partial charge in [-0.3, -0.25) is 9.69 Å². The topological polar surface area (TPSA) is 98.9 Å². The largest absolute Gasteiger partial charge is 0.493 e. The van der Waals surface area contributed by atoms with Gasteiger partial charge in [0.1, 0.15) is 5.75 Å². The van der Waals surface area contributed by atoms with Gasteiger partial charge in [0.25, 0.3) is 5.91 Å². The van der Waals surface area contributed by atoms with E-state index in [-0.39, 0.29) is 35.8 Å². The minimum Gasteiger partial charge on any atom is -0.493 e. The lowest BCUT2D eigenvalue weighted by Gasteiger charge is -2.51. The van der Waals surface area contributed by atoms with Crippen molar-refractivity contribution >= 4 is 11.6 Å². The molecule has 43 heavy (non-hydrogen) atoms. The van der Waals surface area contributed by atoms with E-state index in [1.54, 1.807) is 0 Å². The zero-order valence-corrected chi connectivity index (χ0v) is 25.3. The fourth-order valence-corrected chi connectivity index (χ4v) is 8.43. The highest BCUT2D eigenvalue weighted by atomic mass is 16.5. The van der Waals surface area contributed by atoms with Gasteiger partial charge in [0.2, 0.25) is 0 Å². The second kappa shape index (κ2) is 13.1. The summed E-state index contributed by atoms with van der Waals surface area (Å²) < 4.78 is 12.3. The van der Waals surface area contributed by atoms with Crippen LogP contribution in [0.2, 0.25) is 0 Å². The van der Waals surface area contributed by atoms with Crippen LogP contribution in [0.15, 0.2) is 48.5 Å². The summed E-state index contributed by atoms with van der Waals surface area (Å²) in [6.45, 7) is 5.02. The lowest BCUT2D eigenvalue weighted by atomic mass is 9.63. The molecule has 2 aromatic rings. The van der Waals surface area contributed by atoms with E-state index in [4.69, 9.17) is 9.47 Å². The third-order valence-electron chi connectivity index (χ3n) is 10.6. The molecular formula is C34H48N6O3. The number of hydrogen-bond donors (Lipinski definition) is 5. The summed E-state index contributed by atoms with van der Waals surface area (Å²) in [5.74, 6) is 1.25. The van der Waals surface area contributed by atoms with Crippen LogP contribution in [-0.4, -0.2) is 68.6 Å². The van der Waals surface area contributed by atoms with Crippen molar-refractivity contribution in [3.8, 4) is 5.75 Å². The Morgan fingerprint density at radius 3 is 2.70 bits per heavy atom. The second-order valence-corrected chi connectivity index (χ2v) is 13.2. The molecule has 1 amide bonds. The first-order valence-corrected chi connectivity index (χ1v) is 16.7. The zero-order valence-electron chi connectivity index (χ0n) is 25.3. The highest BCUT2D eigenvalue weighted by Gasteiger charge is 2.54. The molecule has 4 heterocycles. The summed E-state index contributed by atoms with van der Waals surface area (Å²) in [6, 6.07) is 15.8. The van der Waals surface area contributed by atoms with Gasteiger partial charge in [0.15, 0.2) is 0 Å². The fourth-order valence-electron chi connectivity index (χ4n) is 8.43. The Labute approximate surface area is 255 Å². The number of amides is 1. The molecule has 5 atom stereocenters. The van der Waals surface area contributed by atoms with Crippen molar-refractivity contribution in [1.29, 1.82) is 0 Å². The number of hydrazine groups is 1. The van der Waals surface area contributed by atoms with Gasteiger partial charge in [-0.2, -0.15) is 0 Å². The van der Waals surface area contributed by atoms with E-state index in [9.17, 15) is 4.79 Å². The third kappa shape index (κ3) is 6.15. The maximum atomic E-state index is 13.3. The number of carbonyl (C=O) groups is 1. The van der Waals surface area contributed by atoms with E-state index < -0.39 is 0 Å². The van der Waals surface area contributed by atoms with Gasteiger partial charge < -0.3 is 25.4 Å². The molecule has 0 aromatic heterocycles. The molecule has 232 valence electrons. The van der Waals surface area contributed by atoms with E-state index in [0.717, 1.165) is 56.2 Å². The average molecular weight is 589 g/mol. The Morgan fingerprint density at radius 1 is 0.977 bits per heavy atom. The number of anilines is 1. The number of nitrogens with zero attached hydrogens (tertiary/aromatic N) is 1. The monoisotopic (exact) mass is 588 g/mol. The van der Waals surface area contributed by atoms with Crippen molar-refractivity contribution in [3.63, 3.8) is 0 Å². The van der Waals surface area contributed by atoms with Gasteiger partial charge in [0.05, 0.1) is 37.7 Å². The summed E-state index contributed by atoms with van der Waals surface area (Å²) in [4.78, 5) is 15.9. The van der Waals surface area contributed by atoms with Crippen LogP contribution in [0.1, 0.15) is 79.8 Å². The first-order chi connectivity index (χ1) is 21.2. The average Bonchev–Trinajstić information content (AvgIpc) is 3.38. The van der Waals surface area contributed by atoms with Crippen molar-refractivity contribution in [3.05, 3.63) is 59.7 Å². The predicted molar refractivity (Wildman–Crippen MR) is 168 cm³/mol. The van der Waals surface area contributed by atoms with Gasteiger partial charge in [-0.15, -0.1) is 0 Å². The van der Waals surface area contributed by atoms with Crippen molar-refractivity contribution in [2.24, 2.45) is 11.3 Å². The van der Waals surface area contributed by atoms with Gasteiger partial charge in [-0.05, 0) is 42.5 Å². The van der Waals surface area contributed by atoms with Crippen LogP contribution in [0.4, 0.5) is 5.69 Å². The fraction of sp³-hybridized carbons (Fsp3) is 0.618. The second-order valence-electron chi connectivity index (χ2n) is 13.2. The summed E-state index contributed by atoms with van der Waals surface area (Å²) in [6.07, 6.45) is 12.1. The standard InChI is InChI=1S/C34H48N6O3/c41-33(37-27-14-18-42-28-13-6-5-12-26(27)28)24-10-9-11-25(20-24)36-22-30-38-39-32-31-29(43-19-17-40(30)32)21-35-23-34(31)15-7-3-1-2-4-8-16-34/h5-6,9-13,20,27,29-32,35-36,38-39H,1-4,7-8,14-19,21-23H2,(H,37,41)/t27-,29?,30?,31?,32?/m0/s1. The van der Waals surface area contributed by atoms with Crippen molar-refractivity contribution in [2.75, 3.05) is 44.7 Å². The minimum atomic E-state index is -0.0620. The SMILES string of the molecule is O=C(N[C@H]1CCOc2ccccc21)c1cccc(NCC2NNC3C4C(CNCC45CCCCCCCC5)OCCN23)c1. The number of benzene rings is 2. The first-order valence-electron chi connectivity index (χ1n) is 16.7. The van der Waals surface area contributed by atoms with Crippen LogP contribution in [0.3, 0.4) is 0 Å². The molecule has 4 aliphatic heterocycles. The highest BCUT2D eigenvalue weighted by molar-refractivity contribution is 5.95. The number of para-hydroxylation sites is 1. The molecular weight excluding hydrogens is 540 g/mol. The van der Waals surface area contributed by atoms with Crippen LogP contribution in [-0.2, 0) is 4.74 Å². The van der Waals surface area contributed by atoms with E-state index in [2.05, 4.69) is 31.7 Å². The van der Waals surface area contributed by atoms with Crippen molar-refractivity contribution in [1.82, 2.24) is 26.4 Å². The number of rotatable bonds is 5. The van der Waals surface area contributed by atoms with E-state index in [0.29, 0.717) is 18.1 Å². The first kappa shape index (κ1) is 29.0. The van der Waals surface area contributed by atoms with Crippen LogP contribution < -0.4 is 31.5 Å². The maximum absolute atomic E-state index is 13.3. The molecule has 1 saturated carbocycles. The quantitative estimate of drug-likeness (QED) is 0.356. The summed E-state index contributed by atoms with van der Waals surface area (Å²) >= 11 is 0. The Balaban J connectivity index is 1.01. The number of carbonyl (C=O) groups excluding carboxylic acids is 1. The Kier molecular flexibility index (Phi) is 8.86. The molecule has 5 aliphatic rings. The van der Waals surface area contributed by atoms with Gasteiger partial charge in [-0.25, -0.2) is 10.9 Å². The third-order valence-corrected chi connectivity index (χ3v) is 10.6. The number of fused-ring (bicyclic) bond motifs is 5. The summed E-state index contributed by atoms with van der Waals surface area (Å²) in [5, 5.41) is 10.6. The minimum absolute atomic E-state index is 0.0469. The van der Waals surface area contributed by atoms with Crippen LogP contribution in [0.5, 0.6) is 5.75 Å². The molecule has 4 fully saturated rings. The Bertz CT molecular complexity index is 1250. The van der Waals surface area contributed by atoms with E-state index in [1.165, 1.54) is 51.4 Å². The van der Waals surface area contributed by atoms with Crippen LogP contribution in [0.25, 0.3) is 0 Å². The van der Waals surface area contributed by atoms with Crippen molar-refractivity contribution < 1.29 is 14.3 Å². The number of ether oxygens (including phenoxy) is 2. The molecule has 0 bridgehead atoms. The lowest BCUT2D eigenvalue weighted by Crippen LogP contribution is -2.62.